The molecule has 104 valence electrons. The Hall–Kier alpha value is -2.24. The lowest BCUT2D eigenvalue weighted by Gasteiger charge is -2.19. The van der Waals surface area contributed by atoms with Crippen LogP contribution in [0, 0.1) is 5.92 Å². The lowest BCUT2D eigenvalue weighted by atomic mass is 10.0. The Labute approximate surface area is 112 Å². The highest BCUT2D eigenvalue weighted by molar-refractivity contribution is 5.98. The van der Waals surface area contributed by atoms with Crippen molar-refractivity contribution in [2.45, 2.75) is 19.9 Å². The molecule has 2 amide bonds. The third-order valence-corrected chi connectivity index (χ3v) is 2.76. The number of ether oxygens (including phenoxy) is 1. The summed E-state index contributed by atoms with van der Waals surface area (Å²) in [5, 5.41) is 2.59. The SMILES string of the molecule is COc1cc(C(=O)NC(C(N)=O)C(C)C)ccc1N. The minimum absolute atomic E-state index is 0.0860. The molecule has 1 aromatic carbocycles. The van der Waals surface area contributed by atoms with Crippen molar-refractivity contribution in [2.75, 3.05) is 12.8 Å². The van der Waals surface area contributed by atoms with Crippen molar-refractivity contribution in [3.63, 3.8) is 0 Å². The highest BCUT2D eigenvalue weighted by Crippen LogP contribution is 2.22. The number of nitrogens with one attached hydrogen (secondary N) is 1. The zero-order valence-corrected chi connectivity index (χ0v) is 11.3. The van der Waals surface area contributed by atoms with Gasteiger partial charge in [0.2, 0.25) is 5.91 Å². The normalized spacial score (nSPS) is 12.0. The van der Waals surface area contributed by atoms with Crippen LogP contribution in [0.5, 0.6) is 5.75 Å². The van der Waals surface area contributed by atoms with Crippen LogP contribution in [0.15, 0.2) is 18.2 Å². The van der Waals surface area contributed by atoms with E-state index < -0.39 is 17.9 Å². The molecule has 0 aliphatic rings. The van der Waals surface area contributed by atoms with E-state index in [9.17, 15) is 9.59 Å². The minimum atomic E-state index is -0.712. The van der Waals surface area contributed by atoms with Crippen molar-refractivity contribution < 1.29 is 14.3 Å². The van der Waals surface area contributed by atoms with E-state index >= 15 is 0 Å². The Bertz CT molecular complexity index is 486. The first kappa shape index (κ1) is 14.8. The number of methoxy groups -OCH3 is 1. The predicted molar refractivity (Wildman–Crippen MR) is 72.7 cm³/mol. The van der Waals surface area contributed by atoms with Gasteiger partial charge in [0.15, 0.2) is 0 Å². The van der Waals surface area contributed by atoms with E-state index in [1.54, 1.807) is 26.0 Å². The molecule has 0 spiro atoms. The molecule has 0 saturated heterocycles. The Balaban J connectivity index is 2.91. The second-order valence-corrected chi connectivity index (χ2v) is 4.55. The second kappa shape index (κ2) is 6.08. The first-order valence-corrected chi connectivity index (χ1v) is 5.90. The van der Waals surface area contributed by atoms with Crippen LogP contribution in [0.4, 0.5) is 5.69 Å². The number of nitrogens with two attached hydrogens (primary N) is 2. The molecule has 1 rings (SSSR count). The Kier molecular flexibility index (Phi) is 4.74. The van der Waals surface area contributed by atoms with Gasteiger partial charge in [0.25, 0.3) is 5.91 Å². The number of rotatable bonds is 5. The first-order chi connectivity index (χ1) is 8.86. The largest absolute Gasteiger partial charge is 0.495 e. The van der Waals surface area contributed by atoms with Crippen LogP contribution in [0.25, 0.3) is 0 Å². The van der Waals surface area contributed by atoms with Gasteiger partial charge < -0.3 is 21.5 Å². The molecular formula is C13H19N3O3. The van der Waals surface area contributed by atoms with Gasteiger partial charge in [0.05, 0.1) is 12.8 Å². The maximum Gasteiger partial charge on any atom is 0.252 e. The lowest BCUT2D eigenvalue weighted by Crippen LogP contribution is -2.47. The van der Waals surface area contributed by atoms with Crippen LogP contribution in [-0.2, 0) is 4.79 Å². The van der Waals surface area contributed by atoms with Gasteiger partial charge in [-0.25, -0.2) is 0 Å². The van der Waals surface area contributed by atoms with Crippen LogP contribution in [-0.4, -0.2) is 25.0 Å². The fourth-order valence-electron chi connectivity index (χ4n) is 1.64. The summed E-state index contributed by atoms with van der Waals surface area (Å²) >= 11 is 0. The maximum absolute atomic E-state index is 12.0. The molecule has 0 bridgehead atoms. The Morgan fingerprint density at radius 3 is 2.42 bits per heavy atom. The van der Waals surface area contributed by atoms with Crippen molar-refractivity contribution in [1.82, 2.24) is 5.32 Å². The molecule has 5 N–H and O–H groups in total. The van der Waals surface area contributed by atoms with Crippen molar-refractivity contribution in [3.05, 3.63) is 23.8 Å². The van der Waals surface area contributed by atoms with E-state index in [1.165, 1.54) is 13.2 Å². The molecule has 0 aliphatic heterocycles. The van der Waals surface area contributed by atoms with E-state index in [4.69, 9.17) is 16.2 Å². The number of primary amides is 1. The zero-order chi connectivity index (χ0) is 14.6. The molecule has 0 radical (unpaired) electrons. The van der Waals surface area contributed by atoms with Gasteiger partial charge in [0.1, 0.15) is 11.8 Å². The monoisotopic (exact) mass is 265 g/mol. The molecule has 0 fully saturated rings. The Morgan fingerprint density at radius 2 is 1.95 bits per heavy atom. The molecule has 0 aliphatic carbocycles. The van der Waals surface area contributed by atoms with Gasteiger partial charge in [-0.1, -0.05) is 13.8 Å². The molecule has 0 aromatic heterocycles. The van der Waals surface area contributed by atoms with Crippen molar-refractivity contribution >= 4 is 17.5 Å². The summed E-state index contributed by atoms with van der Waals surface area (Å²) in [6, 6.07) is 3.94. The maximum atomic E-state index is 12.0. The quantitative estimate of drug-likeness (QED) is 0.674. The van der Waals surface area contributed by atoms with E-state index in [1.807, 2.05) is 0 Å². The number of amides is 2. The smallest absolute Gasteiger partial charge is 0.252 e. The van der Waals surface area contributed by atoms with Crippen LogP contribution in [0.3, 0.4) is 0 Å². The van der Waals surface area contributed by atoms with Gasteiger partial charge in [-0.05, 0) is 24.1 Å². The highest BCUT2D eigenvalue weighted by Gasteiger charge is 2.22. The van der Waals surface area contributed by atoms with E-state index in [-0.39, 0.29) is 5.92 Å². The molecule has 0 saturated carbocycles. The summed E-state index contributed by atoms with van der Waals surface area (Å²) in [5.74, 6) is -0.633. The van der Waals surface area contributed by atoms with Crippen LogP contribution in [0.1, 0.15) is 24.2 Å². The number of nitrogen functional groups attached to an aromatic ring is 1. The van der Waals surface area contributed by atoms with Crippen LogP contribution < -0.4 is 21.5 Å². The van der Waals surface area contributed by atoms with Crippen LogP contribution >= 0.6 is 0 Å². The van der Waals surface area contributed by atoms with E-state index in [0.29, 0.717) is 17.0 Å². The van der Waals surface area contributed by atoms with Crippen molar-refractivity contribution in [2.24, 2.45) is 11.7 Å². The topological polar surface area (TPSA) is 107 Å². The average Bonchev–Trinajstić information content (AvgIpc) is 2.35. The molecule has 19 heavy (non-hydrogen) atoms. The number of hydrogen-bond donors (Lipinski definition) is 3. The van der Waals surface area contributed by atoms with E-state index in [2.05, 4.69) is 5.32 Å². The first-order valence-electron chi connectivity index (χ1n) is 5.90. The summed E-state index contributed by atoms with van der Waals surface area (Å²) in [7, 11) is 1.47. The molecule has 1 atom stereocenters. The standard InChI is InChI=1S/C13H19N3O3/c1-7(2)11(12(15)17)16-13(18)8-4-5-9(14)10(6-8)19-3/h4-7,11H,14H2,1-3H3,(H2,15,17)(H,16,18). The van der Waals surface area contributed by atoms with Gasteiger partial charge in [0, 0.05) is 5.56 Å². The van der Waals surface area contributed by atoms with Gasteiger partial charge >= 0.3 is 0 Å². The number of carbonyl (C=O) groups is 2. The molecule has 6 nitrogen and oxygen atoms in total. The zero-order valence-electron chi connectivity index (χ0n) is 11.3. The van der Waals surface area contributed by atoms with Crippen molar-refractivity contribution in [1.29, 1.82) is 0 Å². The number of hydrogen-bond acceptors (Lipinski definition) is 4. The summed E-state index contributed by atoms with van der Waals surface area (Å²) < 4.78 is 5.04. The van der Waals surface area contributed by atoms with Gasteiger partial charge in [-0.3, -0.25) is 9.59 Å². The Morgan fingerprint density at radius 1 is 1.32 bits per heavy atom. The highest BCUT2D eigenvalue weighted by atomic mass is 16.5. The van der Waals surface area contributed by atoms with Crippen molar-refractivity contribution in [3.8, 4) is 5.75 Å². The summed E-state index contributed by atoms with van der Waals surface area (Å²) in [6.45, 7) is 3.61. The van der Waals surface area contributed by atoms with E-state index in [0.717, 1.165) is 0 Å². The molecular weight excluding hydrogens is 246 g/mol. The fraction of sp³-hybridized carbons (Fsp3) is 0.385. The summed E-state index contributed by atoms with van der Waals surface area (Å²) in [5.41, 5.74) is 11.7. The fourth-order valence-corrected chi connectivity index (χ4v) is 1.64. The molecule has 6 heteroatoms. The predicted octanol–water partition coefficient (Wildman–Crippen LogP) is 0.517. The molecule has 1 unspecified atom stereocenters. The third kappa shape index (κ3) is 3.61. The van der Waals surface area contributed by atoms with Gasteiger partial charge in [-0.15, -0.1) is 0 Å². The third-order valence-electron chi connectivity index (χ3n) is 2.76. The average molecular weight is 265 g/mol. The van der Waals surface area contributed by atoms with Gasteiger partial charge in [-0.2, -0.15) is 0 Å². The summed E-state index contributed by atoms with van der Waals surface area (Å²) in [4.78, 5) is 23.3. The summed E-state index contributed by atoms with van der Waals surface area (Å²) in [6.07, 6.45) is 0. The second-order valence-electron chi connectivity index (χ2n) is 4.55. The molecule has 1 aromatic rings. The lowest BCUT2D eigenvalue weighted by molar-refractivity contribution is -0.120. The number of anilines is 1. The number of carbonyl (C=O) groups excluding carboxylic acids is 2. The number of benzene rings is 1. The van der Waals surface area contributed by atoms with Crippen LogP contribution in [0.2, 0.25) is 0 Å². The minimum Gasteiger partial charge on any atom is -0.495 e. The molecule has 0 heterocycles.